The van der Waals surface area contributed by atoms with Gasteiger partial charge in [-0.1, -0.05) is 0 Å². The molecule has 0 radical (unpaired) electrons. The Hall–Kier alpha value is -0.820. The maximum absolute atomic E-state index is 11.5. The monoisotopic (exact) mass is 290 g/mol. The van der Waals surface area contributed by atoms with E-state index in [0.717, 1.165) is 12.8 Å². The second kappa shape index (κ2) is 4.94. The molecular weight excluding hydrogens is 268 g/mol. The summed E-state index contributed by atoms with van der Waals surface area (Å²) in [5.41, 5.74) is -0.480. The standard InChI is InChI=1S/C12H22N2O4S/c1-12(2,3)18-11(15)14-9-4-8(5-9)13-10-6-19(16,17)7-10/h8-10,13H,4-7H2,1-3H3,(H,14,15). The number of nitrogens with one attached hydrogen (secondary N) is 2. The van der Waals surface area contributed by atoms with E-state index in [0.29, 0.717) is 6.04 Å². The number of rotatable bonds is 3. The summed E-state index contributed by atoms with van der Waals surface area (Å²) in [5.74, 6) is 0.487. The highest BCUT2D eigenvalue weighted by Gasteiger charge is 2.38. The Morgan fingerprint density at radius 2 is 1.68 bits per heavy atom. The number of alkyl carbamates (subject to hydrolysis) is 1. The molecule has 2 rings (SSSR count). The van der Waals surface area contributed by atoms with Crippen LogP contribution in [-0.4, -0.2) is 49.7 Å². The van der Waals surface area contributed by atoms with Gasteiger partial charge in [0.25, 0.3) is 0 Å². The lowest BCUT2D eigenvalue weighted by molar-refractivity contribution is 0.0464. The van der Waals surface area contributed by atoms with Crippen molar-refractivity contribution in [2.24, 2.45) is 0 Å². The van der Waals surface area contributed by atoms with Crippen molar-refractivity contribution >= 4 is 15.9 Å². The highest BCUT2D eigenvalue weighted by atomic mass is 32.2. The molecule has 1 aliphatic heterocycles. The van der Waals surface area contributed by atoms with Crippen molar-refractivity contribution < 1.29 is 17.9 Å². The van der Waals surface area contributed by atoms with Crippen LogP contribution >= 0.6 is 0 Å². The van der Waals surface area contributed by atoms with Crippen LogP contribution in [0, 0.1) is 0 Å². The summed E-state index contributed by atoms with van der Waals surface area (Å²) in [7, 11) is -2.77. The predicted octanol–water partition coefficient (Wildman–Crippen LogP) is 0.429. The number of amides is 1. The van der Waals surface area contributed by atoms with E-state index in [1.165, 1.54) is 0 Å². The van der Waals surface area contributed by atoms with Crippen molar-refractivity contribution in [3.63, 3.8) is 0 Å². The zero-order valence-electron chi connectivity index (χ0n) is 11.6. The van der Waals surface area contributed by atoms with Gasteiger partial charge >= 0.3 is 6.09 Å². The molecule has 19 heavy (non-hydrogen) atoms. The van der Waals surface area contributed by atoms with Gasteiger partial charge in [0.05, 0.1) is 11.5 Å². The van der Waals surface area contributed by atoms with E-state index in [1.54, 1.807) is 0 Å². The molecule has 0 bridgehead atoms. The van der Waals surface area contributed by atoms with Crippen LogP contribution in [0.1, 0.15) is 33.6 Å². The van der Waals surface area contributed by atoms with E-state index in [2.05, 4.69) is 10.6 Å². The molecule has 7 heteroatoms. The first kappa shape index (κ1) is 14.6. The molecule has 1 amide bonds. The molecule has 2 aliphatic rings. The van der Waals surface area contributed by atoms with Gasteiger partial charge in [0.2, 0.25) is 0 Å². The third-order valence-corrected chi connectivity index (χ3v) is 5.06. The Balaban J connectivity index is 1.60. The minimum atomic E-state index is -2.77. The van der Waals surface area contributed by atoms with Gasteiger partial charge in [-0.3, -0.25) is 0 Å². The number of ether oxygens (including phenoxy) is 1. The van der Waals surface area contributed by atoms with Gasteiger partial charge in [-0.15, -0.1) is 0 Å². The molecular formula is C12H22N2O4S. The van der Waals surface area contributed by atoms with Gasteiger partial charge < -0.3 is 15.4 Å². The van der Waals surface area contributed by atoms with Crippen LogP contribution in [0.4, 0.5) is 4.79 Å². The summed E-state index contributed by atoms with van der Waals surface area (Å²) >= 11 is 0. The van der Waals surface area contributed by atoms with Crippen LogP contribution < -0.4 is 10.6 Å². The molecule has 1 heterocycles. The summed E-state index contributed by atoms with van der Waals surface area (Å²) in [5, 5.41) is 6.10. The lowest BCUT2D eigenvalue weighted by atomic mass is 9.86. The SMILES string of the molecule is CC(C)(C)OC(=O)NC1CC(NC2CS(=O)(=O)C2)C1. The normalized spacial score (nSPS) is 30.1. The van der Waals surface area contributed by atoms with E-state index in [1.807, 2.05) is 20.8 Å². The Labute approximate surface area is 114 Å². The second-order valence-corrected chi connectivity index (χ2v) is 8.61. The van der Waals surface area contributed by atoms with E-state index in [-0.39, 0.29) is 29.7 Å². The van der Waals surface area contributed by atoms with Gasteiger partial charge in [-0.2, -0.15) is 0 Å². The zero-order valence-corrected chi connectivity index (χ0v) is 12.4. The van der Waals surface area contributed by atoms with Crippen molar-refractivity contribution in [1.29, 1.82) is 0 Å². The summed E-state index contributed by atoms with van der Waals surface area (Å²) in [6.07, 6.45) is 1.27. The first-order valence-electron chi connectivity index (χ1n) is 6.59. The Kier molecular flexibility index (Phi) is 3.79. The van der Waals surface area contributed by atoms with Gasteiger partial charge in [-0.05, 0) is 33.6 Å². The predicted molar refractivity (Wildman–Crippen MR) is 71.8 cm³/mol. The molecule has 110 valence electrons. The molecule has 0 aromatic heterocycles. The second-order valence-electron chi connectivity index (χ2n) is 6.45. The molecule has 0 spiro atoms. The van der Waals surface area contributed by atoms with Crippen molar-refractivity contribution in [3.05, 3.63) is 0 Å². The van der Waals surface area contributed by atoms with E-state index >= 15 is 0 Å². The average molecular weight is 290 g/mol. The maximum Gasteiger partial charge on any atom is 0.407 e. The van der Waals surface area contributed by atoms with E-state index in [4.69, 9.17) is 4.74 Å². The fourth-order valence-corrected chi connectivity index (χ4v) is 3.66. The van der Waals surface area contributed by atoms with E-state index in [9.17, 15) is 13.2 Å². The Bertz CT molecular complexity index is 437. The fourth-order valence-electron chi connectivity index (χ4n) is 2.34. The number of hydrogen-bond donors (Lipinski definition) is 2. The molecule has 6 nitrogen and oxygen atoms in total. The highest BCUT2D eigenvalue weighted by Crippen LogP contribution is 2.23. The summed E-state index contributed by atoms with van der Waals surface area (Å²) < 4.78 is 27.2. The van der Waals surface area contributed by atoms with Crippen LogP contribution in [0.25, 0.3) is 0 Å². The van der Waals surface area contributed by atoms with Crippen LogP contribution in [0.15, 0.2) is 0 Å². The number of carbonyl (C=O) groups is 1. The lowest BCUT2D eigenvalue weighted by Crippen LogP contribution is -2.60. The minimum absolute atomic E-state index is 0.0949. The maximum atomic E-state index is 11.5. The molecule has 0 aromatic rings. The molecule has 0 aromatic carbocycles. The molecule has 0 unspecified atom stereocenters. The van der Waals surface area contributed by atoms with Gasteiger partial charge in [0.15, 0.2) is 9.84 Å². The average Bonchev–Trinajstić information content (AvgIpc) is 2.07. The summed E-state index contributed by atoms with van der Waals surface area (Å²) in [4.78, 5) is 11.5. The van der Waals surface area contributed by atoms with Crippen molar-refractivity contribution in [1.82, 2.24) is 10.6 Å². The van der Waals surface area contributed by atoms with Crippen molar-refractivity contribution in [3.8, 4) is 0 Å². The summed E-state index contributed by atoms with van der Waals surface area (Å²) in [6, 6.07) is 0.530. The van der Waals surface area contributed by atoms with Crippen molar-refractivity contribution in [2.75, 3.05) is 11.5 Å². The van der Waals surface area contributed by atoms with Crippen LogP contribution in [0.3, 0.4) is 0 Å². The lowest BCUT2D eigenvalue weighted by Gasteiger charge is -2.40. The fraction of sp³-hybridized carbons (Fsp3) is 0.917. The van der Waals surface area contributed by atoms with Gasteiger partial charge in [0, 0.05) is 18.1 Å². The topological polar surface area (TPSA) is 84.5 Å². The molecule has 2 fully saturated rings. The first-order chi connectivity index (χ1) is 8.63. The van der Waals surface area contributed by atoms with Crippen molar-refractivity contribution in [2.45, 2.75) is 57.3 Å². The van der Waals surface area contributed by atoms with E-state index < -0.39 is 15.4 Å². The first-order valence-corrected chi connectivity index (χ1v) is 8.41. The minimum Gasteiger partial charge on any atom is -0.444 e. The van der Waals surface area contributed by atoms with Crippen LogP contribution in [-0.2, 0) is 14.6 Å². The molecule has 1 aliphatic carbocycles. The third-order valence-electron chi connectivity index (χ3n) is 3.24. The number of hydrogen-bond acceptors (Lipinski definition) is 5. The Morgan fingerprint density at radius 1 is 1.11 bits per heavy atom. The van der Waals surface area contributed by atoms with Gasteiger partial charge in [0.1, 0.15) is 5.60 Å². The van der Waals surface area contributed by atoms with Crippen LogP contribution in [0.5, 0.6) is 0 Å². The number of carbonyl (C=O) groups excluding carboxylic acids is 1. The quantitative estimate of drug-likeness (QED) is 0.787. The van der Waals surface area contributed by atoms with Gasteiger partial charge in [-0.25, -0.2) is 13.2 Å². The zero-order chi connectivity index (χ0) is 14.3. The molecule has 0 atom stereocenters. The Morgan fingerprint density at radius 3 is 2.16 bits per heavy atom. The molecule has 1 saturated carbocycles. The van der Waals surface area contributed by atoms with Crippen LogP contribution in [0.2, 0.25) is 0 Å². The highest BCUT2D eigenvalue weighted by molar-refractivity contribution is 7.92. The third kappa shape index (κ3) is 4.35. The smallest absolute Gasteiger partial charge is 0.407 e. The number of sulfone groups is 1. The molecule has 1 saturated heterocycles. The summed E-state index contributed by atoms with van der Waals surface area (Å²) in [6.45, 7) is 5.48. The largest absolute Gasteiger partial charge is 0.444 e. The molecule has 2 N–H and O–H groups in total.